The molecule has 3 aromatic carbocycles. The van der Waals surface area contributed by atoms with Crippen molar-refractivity contribution in [3.63, 3.8) is 0 Å². The van der Waals surface area contributed by atoms with E-state index >= 15 is 0 Å². The van der Waals surface area contributed by atoms with Gasteiger partial charge >= 0.3 is 0 Å². The number of thiophene rings is 1. The van der Waals surface area contributed by atoms with Gasteiger partial charge in [-0.2, -0.15) is 0 Å². The largest absolute Gasteiger partial charge is 0.310 e. The Morgan fingerprint density at radius 2 is 1.75 bits per heavy atom. The van der Waals surface area contributed by atoms with Crippen LogP contribution in [-0.4, -0.2) is 9.97 Å². The maximum absolute atomic E-state index is 12.9. The molecule has 0 fully saturated rings. The highest BCUT2D eigenvalue weighted by Gasteiger charge is 2.13. The van der Waals surface area contributed by atoms with Gasteiger partial charge in [-0.15, -0.1) is 11.3 Å². The number of hydrogen-bond donors (Lipinski definition) is 1. The molecule has 5 heteroatoms. The van der Waals surface area contributed by atoms with Crippen LogP contribution in [0, 0.1) is 0 Å². The van der Waals surface area contributed by atoms with Gasteiger partial charge in [-0.25, -0.2) is 4.98 Å². The summed E-state index contributed by atoms with van der Waals surface area (Å²) in [7, 11) is 0. The maximum Gasteiger partial charge on any atom is 0.260 e. The molecule has 0 saturated heterocycles. The van der Waals surface area contributed by atoms with E-state index in [4.69, 9.17) is 16.6 Å². The van der Waals surface area contributed by atoms with Crippen LogP contribution < -0.4 is 5.56 Å². The summed E-state index contributed by atoms with van der Waals surface area (Å²) in [5, 5.41) is 5.66. The lowest BCUT2D eigenvalue weighted by molar-refractivity contribution is 0.983. The highest BCUT2D eigenvalue weighted by atomic mass is 35.5. The molecule has 0 amide bonds. The average molecular weight is 403 g/mol. The standard InChI is InChI=1S/C23H15ClN2OS/c24-17-10-8-15(9-11-17)19-13-28-23-21(19)22(27)25-20(26-23)12-16-6-3-5-14-4-1-2-7-18(14)16/h1-11,13H,12H2,(H,25,26,27). The Morgan fingerprint density at radius 3 is 2.61 bits per heavy atom. The number of halogens is 1. The average Bonchev–Trinajstić information content (AvgIpc) is 3.13. The van der Waals surface area contributed by atoms with Crippen molar-refractivity contribution in [2.45, 2.75) is 6.42 Å². The van der Waals surface area contributed by atoms with Crippen LogP contribution in [0.15, 0.2) is 76.9 Å². The smallest absolute Gasteiger partial charge is 0.260 e. The van der Waals surface area contributed by atoms with Crippen molar-refractivity contribution in [1.29, 1.82) is 0 Å². The zero-order valence-electron chi connectivity index (χ0n) is 14.8. The zero-order chi connectivity index (χ0) is 19.1. The summed E-state index contributed by atoms with van der Waals surface area (Å²) in [6, 6.07) is 22.0. The summed E-state index contributed by atoms with van der Waals surface area (Å²) in [6.07, 6.45) is 0.584. The maximum atomic E-state index is 12.9. The number of benzene rings is 3. The van der Waals surface area contributed by atoms with Crippen molar-refractivity contribution in [1.82, 2.24) is 9.97 Å². The van der Waals surface area contributed by atoms with E-state index < -0.39 is 0 Å². The molecule has 2 aromatic heterocycles. The molecule has 0 unspecified atom stereocenters. The number of fused-ring (bicyclic) bond motifs is 2. The first-order valence-corrected chi connectivity index (χ1v) is 10.2. The number of aromatic amines is 1. The first-order valence-electron chi connectivity index (χ1n) is 8.92. The Morgan fingerprint density at radius 1 is 0.964 bits per heavy atom. The van der Waals surface area contributed by atoms with Crippen LogP contribution in [-0.2, 0) is 6.42 Å². The molecule has 0 radical (unpaired) electrons. The molecule has 3 nitrogen and oxygen atoms in total. The third-order valence-corrected chi connectivity index (χ3v) is 6.01. The summed E-state index contributed by atoms with van der Waals surface area (Å²) >= 11 is 7.48. The molecule has 0 atom stereocenters. The third-order valence-electron chi connectivity index (χ3n) is 4.89. The van der Waals surface area contributed by atoms with Crippen molar-refractivity contribution in [2.24, 2.45) is 0 Å². The van der Waals surface area contributed by atoms with Crippen molar-refractivity contribution in [3.05, 3.63) is 98.9 Å². The van der Waals surface area contributed by atoms with Crippen LogP contribution in [0.2, 0.25) is 5.02 Å². The lowest BCUT2D eigenvalue weighted by Crippen LogP contribution is -2.11. The van der Waals surface area contributed by atoms with Gasteiger partial charge in [0.2, 0.25) is 0 Å². The molecular weight excluding hydrogens is 388 g/mol. The molecule has 0 aliphatic rings. The van der Waals surface area contributed by atoms with Gasteiger partial charge in [-0.3, -0.25) is 4.79 Å². The van der Waals surface area contributed by atoms with Gasteiger partial charge in [-0.1, -0.05) is 66.2 Å². The van der Waals surface area contributed by atoms with Gasteiger partial charge in [-0.05, 0) is 34.0 Å². The van der Waals surface area contributed by atoms with Gasteiger partial charge in [0, 0.05) is 22.4 Å². The van der Waals surface area contributed by atoms with Crippen LogP contribution in [0.4, 0.5) is 0 Å². The summed E-state index contributed by atoms with van der Waals surface area (Å²) in [5.41, 5.74) is 2.90. The molecule has 5 rings (SSSR count). The minimum Gasteiger partial charge on any atom is -0.310 e. The van der Waals surface area contributed by atoms with Gasteiger partial charge in [0.1, 0.15) is 10.7 Å². The summed E-state index contributed by atoms with van der Waals surface area (Å²) in [6.45, 7) is 0. The second-order valence-corrected chi connectivity index (χ2v) is 7.96. The number of nitrogens with zero attached hydrogens (tertiary/aromatic N) is 1. The summed E-state index contributed by atoms with van der Waals surface area (Å²) in [5.74, 6) is 0.679. The van der Waals surface area contributed by atoms with Crippen LogP contribution in [0.1, 0.15) is 11.4 Å². The van der Waals surface area contributed by atoms with E-state index in [2.05, 4.69) is 29.2 Å². The van der Waals surface area contributed by atoms with Crippen molar-refractivity contribution >= 4 is 43.9 Å². The molecule has 0 aliphatic heterocycles. The van der Waals surface area contributed by atoms with E-state index in [0.717, 1.165) is 21.5 Å². The number of H-pyrrole nitrogens is 1. The Hall–Kier alpha value is -2.95. The Kier molecular flexibility index (Phi) is 4.23. The van der Waals surface area contributed by atoms with Gasteiger partial charge in [0.05, 0.1) is 5.39 Å². The van der Waals surface area contributed by atoms with E-state index in [1.165, 1.54) is 22.1 Å². The van der Waals surface area contributed by atoms with Crippen LogP contribution in [0.25, 0.3) is 32.1 Å². The van der Waals surface area contributed by atoms with Crippen LogP contribution in [0.3, 0.4) is 0 Å². The highest BCUT2D eigenvalue weighted by Crippen LogP contribution is 2.31. The third kappa shape index (κ3) is 3.01. The first-order chi connectivity index (χ1) is 13.7. The number of nitrogens with one attached hydrogen (secondary N) is 1. The predicted octanol–water partition coefficient (Wildman–Crippen LogP) is 6.05. The molecule has 0 bridgehead atoms. The minimum atomic E-state index is -0.105. The molecule has 136 valence electrons. The topological polar surface area (TPSA) is 45.8 Å². The first kappa shape index (κ1) is 17.2. The minimum absolute atomic E-state index is 0.105. The van der Waals surface area contributed by atoms with Crippen molar-refractivity contribution < 1.29 is 0 Å². The molecule has 28 heavy (non-hydrogen) atoms. The summed E-state index contributed by atoms with van der Waals surface area (Å²) < 4.78 is 0. The Bertz CT molecular complexity index is 1360. The number of hydrogen-bond acceptors (Lipinski definition) is 3. The zero-order valence-corrected chi connectivity index (χ0v) is 16.3. The van der Waals surface area contributed by atoms with Crippen LogP contribution in [0.5, 0.6) is 0 Å². The quantitative estimate of drug-likeness (QED) is 0.399. The molecule has 0 saturated carbocycles. The lowest BCUT2D eigenvalue weighted by Gasteiger charge is -2.06. The SMILES string of the molecule is O=c1[nH]c(Cc2cccc3ccccc23)nc2scc(-c3ccc(Cl)cc3)c12. The fourth-order valence-corrected chi connectivity index (χ4v) is 4.64. The van der Waals surface area contributed by atoms with E-state index in [1.54, 1.807) is 0 Å². The normalized spacial score (nSPS) is 11.3. The van der Waals surface area contributed by atoms with E-state index in [-0.39, 0.29) is 5.56 Å². The monoisotopic (exact) mass is 402 g/mol. The Labute approximate surface area is 170 Å². The van der Waals surface area contributed by atoms with E-state index in [9.17, 15) is 4.79 Å². The highest BCUT2D eigenvalue weighted by molar-refractivity contribution is 7.17. The number of rotatable bonds is 3. The van der Waals surface area contributed by atoms with Crippen molar-refractivity contribution in [2.75, 3.05) is 0 Å². The molecule has 5 aromatic rings. The van der Waals surface area contributed by atoms with Gasteiger partial charge in [0.25, 0.3) is 5.56 Å². The fourth-order valence-electron chi connectivity index (χ4n) is 3.55. The van der Waals surface area contributed by atoms with Crippen molar-refractivity contribution in [3.8, 4) is 11.1 Å². The molecule has 0 aliphatic carbocycles. The molecule has 2 heterocycles. The van der Waals surface area contributed by atoms with E-state index in [0.29, 0.717) is 22.7 Å². The number of aromatic nitrogens is 2. The fraction of sp³-hybridized carbons (Fsp3) is 0.0435. The molecule has 0 spiro atoms. The van der Waals surface area contributed by atoms with Gasteiger partial charge < -0.3 is 4.98 Å². The molecule has 1 N–H and O–H groups in total. The summed E-state index contributed by atoms with van der Waals surface area (Å²) in [4.78, 5) is 21.3. The predicted molar refractivity (Wildman–Crippen MR) is 117 cm³/mol. The lowest BCUT2D eigenvalue weighted by atomic mass is 10.0. The van der Waals surface area contributed by atoms with Gasteiger partial charge in [0.15, 0.2) is 0 Å². The van der Waals surface area contributed by atoms with Crippen LogP contribution >= 0.6 is 22.9 Å². The Balaban J connectivity index is 1.59. The second kappa shape index (κ2) is 6.89. The second-order valence-electron chi connectivity index (χ2n) is 6.66. The molecular formula is C23H15ClN2OS. The van der Waals surface area contributed by atoms with E-state index in [1.807, 2.05) is 47.8 Å².